The molecule has 0 aromatic heterocycles. The molecule has 1 aromatic rings. The average molecular weight is 302 g/mol. The molecule has 22 heavy (non-hydrogen) atoms. The molecule has 0 bridgehead atoms. The molecule has 1 aromatic carbocycles. The highest BCUT2D eigenvalue weighted by Crippen LogP contribution is 2.51. The number of hydrogen-bond acceptors (Lipinski definition) is 3. The first-order chi connectivity index (χ1) is 10.6. The van der Waals surface area contributed by atoms with Crippen molar-refractivity contribution in [2.24, 2.45) is 11.1 Å². The van der Waals surface area contributed by atoms with Crippen molar-refractivity contribution >= 4 is 0 Å². The second kappa shape index (κ2) is 6.59. The molecule has 1 saturated heterocycles. The van der Waals surface area contributed by atoms with E-state index in [2.05, 4.69) is 36.9 Å². The van der Waals surface area contributed by atoms with E-state index in [-0.39, 0.29) is 5.41 Å². The summed E-state index contributed by atoms with van der Waals surface area (Å²) in [5.74, 6) is 1.08. The zero-order valence-electron chi connectivity index (χ0n) is 14.1. The van der Waals surface area contributed by atoms with E-state index >= 15 is 0 Å². The van der Waals surface area contributed by atoms with Gasteiger partial charge in [-0.1, -0.05) is 32.4 Å². The van der Waals surface area contributed by atoms with Crippen molar-refractivity contribution in [3.8, 4) is 5.75 Å². The summed E-state index contributed by atoms with van der Waals surface area (Å²) < 4.78 is 6.02. The van der Waals surface area contributed by atoms with Crippen molar-refractivity contribution in [3.63, 3.8) is 0 Å². The van der Waals surface area contributed by atoms with Gasteiger partial charge in [-0.3, -0.25) is 4.90 Å². The first-order valence-corrected chi connectivity index (χ1v) is 8.82. The predicted molar refractivity (Wildman–Crippen MR) is 91.3 cm³/mol. The van der Waals surface area contributed by atoms with Crippen LogP contribution in [-0.4, -0.2) is 31.1 Å². The van der Waals surface area contributed by atoms with E-state index in [1.165, 1.54) is 43.5 Å². The van der Waals surface area contributed by atoms with Gasteiger partial charge in [0.25, 0.3) is 0 Å². The zero-order chi connectivity index (χ0) is 15.6. The largest absolute Gasteiger partial charge is 0.493 e. The van der Waals surface area contributed by atoms with Crippen LogP contribution in [-0.2, 0) is 6.42 Å². The van der Waals surface area contributed by atoms with Crippen molar-refractivity contribution < 1.29 is 4.74 Å². The number of nitrogens with two attached hydrogens (primary N) is 1. The normalized spacial score (nSPS) is 24.2. The molecule has 1 atom stereocenters. The van der Waals surface area contributed by atoms with Gasteiger partial charge in [0, 0.05) is 6.04 Å². The fourth-order valence-corrected chi connectivity index (χ4v) is 4.27. The van der Waals surface area contributed by atoms with Gasteiger partial charge in [-0.25, -0.2) is 0 Å². The number of benzene rings is 1. The van der Waals surface area contributed by atoms with E-state index in [4.69, 9.17) is 10.5 Å². The summed E-state index contributed by atoms with van der Waals surface area (Å²) in [6.07, 6.45) is 6.10. The average Bonchev–Trinajstić information content (AvgIpc) is 2.79. The second-order valence-corrected chi connectivity index (χ2v) is 7.48. The molecule has 1 heterocycles. The molecular formula is C19H30N2O. The quantitative estimate of drug-likeness (QED) is 0.846. The van der Waals surface area contributed by atoms with Crippen molar-refractivity contribution in [3.05, 3.63) is 29.3 Å². The number of piperidine rings is 1. The van der Waals surface area contributed by atoms with Crippen LogP contribution in [0, 0.1) is 5.41 Å². The molecule has 3 rings (SSSR count). The third-order valence-corrected chi connectivity index (χ3v) is 5.20. The predicted octanol–water partition coefficient (Wildman–Crippen LogP) is 3.52. The minimum absolute atomic E-state index is 0.285. The number of fused-ring (bicyclic) bond motifs is 1. The van der Waals surface area contributed by atoms with Crippen molar-refractivity contribution in [2.45, 2.75) is 52.0 Å². The van der Waals surface area contributed by atoms with E-state index in [0.717, 1.165) is 25.2 Å². The SMILES string of the molecule is CC1(C)Cc2c(OCCCN)cccc2C1N1CCCCC1. The first kappa shape index (κ1) is 15.8. The Labute approximate surface area is 134 Å². The molecular weight excluding hydrogens is 272 g/mol. The molecule has 1 unspecified atom stereocenters. The lowest BCUT2D eigenvalue weighted by Crippen LogP contribution is -2.39. The van der Waals surface area contributed by atoms with E-state index in [1.807, 2.05) is 0 Å². The Kier molecular flexibility index (Phi) is 4.74. The molecule has 2 N–H and O–H groups in total. The maximum atomic E-state index is 6.02. The number of ether oxygens (including phenoxy) is 1. The monoisotopic (exact) mass is 302 g/mol. The summed E-state index contributed by atoms with van der Waals surface area (Å²) in [5.41, 5.74) is 8.79. The lowest BCUT2D eigenvalue weighted by Gasteiger charge is -2.40. The second-order valence-electron chi connectivity index (χ2n) is 7.48. The molecule has 3 heteroatoms. The summed E-state index contributed by atoms with van der Waals surface area (Å²) in [5, 5.41) is 0. The van der Waals surface area contributed by atoms with E-state index in [9.17, 15) is 0 Å². The standard InChI is InChI=1S/C19H30N2O/c1-19(2)14-16-15(18(19)21-11-4-3-5-12-21)8-6-9-17(16)22-13-7-10-20/h6,8-9,18H,3-5,7,10-14,20H2,1-2H3. The third-order valence-electron chi connectivity index (χ3n) is 5.20. The molecule has 1 aliphatic heterocycles. The summed E-state index contributed by atoms with van der Waals surface area (Å²) in [4.78, 5) is 2.71. The Morgan fingerprint density at radius 3 is 2.73 bits per heavy atom. The number of rotatable bonds is 5. The van der Waals surface area contributed by atoms with E-state index in [1.54, 1.807) is 0 Å². The van der Waals surface area contributed by atoms with Crippen molar-refractivity contribution in [2.75, 3.05) is 26.2 Å². The van der Waals surface area contributed by atoms with Gasteiger partial charge in [-0.2, -0.15) is 0 Å². The lowest BCUT2D eigenvalue weighted by atomic mass is 9.83. The van der Waals surface area contributed by atoms with Gasteiger partial charge in [-0.15, -0.1) is 0 Å². The summed E-state index contributed by atoms with van der Waals surface area (Å²) in [6, 6.07) is 7.15. The summed E-state index contributed by atoms with van der Waals surface area (Å²) in [6.45, 7) is 8.72. The van der Waals surface area contributed by atoms with Gasteiger partial charge < -0.3 is 10.5 Å². The third kappa shape index (κ3) is 3.02. The minimum Gasteiger partial charge on any atom is -0.493 e. The smallest absolute Gasteiger partial charge is 0.122 e. The molecule has 0 saturated carbocycles. The summed E-state index contributed by atoms with van der Waals surface area (Å²) in [7, 11) is 0. The molecule has 1 fully saturated rings. The van der Waals surface area contributed by atoms with Gasteiger partial charge in [0.1, 0.15) is 5.75 Å². The van der Waals surface area contributed by atoms with Crippen LogP contribution in [0.1, 0.15) is 56.7 Å². The Morgan fingerprint density at radius 1 is 1.23 bits per heavy atom. The van der Waals surface area contributed by atoms with Crippen LogP contribution in [0.4, 0.5) is 0 Å². The number of nitrogens with zero attached hydrogens (tertiary/aromatic N) is 1. The van der Waals surface area contributed by atoms with Crippen molar-refractivity contribution in [1.82, 2.24) is 4.90 Å². The van der Waals surface area contributed by atoms with Gasteiger partial charge in [0.15, 0.2) is 0 Å². The molecule has 2 aliphatic rings. The Hall–Kier alpha value is -1.06. The van der Waals surface area contributed by atoms with Gasteiger partial charge in [-0.05, 0) is 67.9 Å². The van der Waals surface area contributed by atoms with Gasteiger partial charge in [0.05, 0.1) is 6.61 Å². The van der Waals surface area contributed by atoms with E-state index < -0.39 is 0 Å². The van der Waals surface area contributed by atoms with Crippen LogP contribution < -0.4 is 10.5 Å². The van der Waals surface area contributed by atoms with Crippen LogP contribution in [0.15, 0.2) is 18.2 Å². The first-order valence-electron chi connectivity index (χ1n) is 8.82. The Balaban J connectivity index is 1.86. The Morgan fingerprint density at radius 2 is 2.00 bits per heavy atom. The summed E-state index contributed by atoms with van der Waals surface area (Å²) >= 11 is 0. The van der Waals surface area contributed by atoms with Crippen LogP contribution in [0.3, 0.4) is 0 Å². The topological polar surface area (TPSA) is 38.5 Å². The van der Waals surface area contributed by atoms with Gasteiger partial charge in [0.2, 0.25) is 0 Å². The highest BCUT2D eigenvalue weighted by Gasteiger charge is 2.43. The molecule has 0 spiro atoms. The maximum Gasteiger partial charge on any atom is 0.122 e. The number of hydrogen-bond donors (Lipinski definition) is 1. The fourth-order valence-electron chi connectivity index (χ4n) is 4.27. The maximum absolute atomic E-state index is 6.02. The Bertz CT molecular complexity index is 506. The highest BCUT2D eigenvalue weighted by molar-refractivity contribution is 5.47. The lowest BCUT2D eigenvalue weighted by molar-refractivity contribution is 0.0826. The molecule has 122 valence electrons. The van der Waals surface area contributed by atoms with Crippen LogP contribution in [0.5, 0.6) is 5.75 Å². The number of likely N-dealkylation sites (tertiary alicyclic amines) is 1. The zero-order valence-corrected chi connectivity index (χ0v) is 14.1. The molecule has 0 amide bonds. The molecule has 3 nitrogen and oxygen atoms in total. The molecule has 0 radical (unpaired) electrons. The highest BCUT2D eigenvalue weighted by atomic mass is 16.5. The van der Waals surface area contributed by atoms with Crippen LogP contribution in [0.2, 0.25) is 0 Å². The fraction of sp³-hybridized carbons (Fsp3) is 0.684. The van der Waals surface area contributed by atoms with E-state index in [0.29, 0.717) is 12.6 Å². The van der Waals surface area contributed by atoms with Crippen molar-refractivity contribution in [1.29, 1.82) is 0 Å². The van der Waals surface area contributed by atoms with Crippen LogP contribution >= 0.6 is 0 Å². The van der Waals surface area contributed by atoms with Gasteiger partial charge >= 0.3 is 0 Å². The molecule has 1 aliphatic carbocycles. The van der Waals surface area contributed by atoms with Crippen LogP contribution in [0.25, 0.3) is 0 Å². The minimum atomic E-state index is 0.285.